The summed E-state index contributed by atoms with van der Waals surface area (Å²) in [5, 5.41) is 0. The lowest BCUT2D eigenvalue weighted by Crippen LogP contribution is -2.59. The van der Waals surface area contributed by atoms with Crippen molar-refractivity contribution < 1.29 is 14.3 Å². The van der Waals surface area contributed by atoms with Crippen LogP contribution >= 0.6 is 0 Å². The summed E-state index contributed by atoms with van der Waals surface area (Å²) in [7, 11) is 1.66. The van der Waals surface area contributed by atoms with Crippen molar-refractivity contribution in [2.45, 2.75) is 57.3 Å². The van der Waals surface area contributed by atoms with E-state index in [1.807, 2.05) is 18.2 Å². The van der Waals surface area contributed by atoms with Crippen molar-refractivity contribution in [1.29, 1.82) is 0 Å². The maximum atomic E-state index is 13.4. The van der Waals surface area contributed by atoms with Crippen LogP contribution in [-0.2, 0) is 15.0 Å². The van der Waals surface area contributed by atoms with E-state index < -0.39 is 0 Å². The highest BCUT2D eigenvalue weighted by atomic mass is 16.5. The molecule has 140 valence electrons. The summed E-state index contributed by atoms with van der Waals surface area (Å²) in [4.78, 5) is 28.0. The van der Waals surface area contributed by atoms with Crippen LogP contribution in [0.25, 0.3) is 0 Å². The van der Waals surface area contributed by atoms with E-state index in [1.165, 1.54) is 6.42 Å². The number of piperidine rings is 1. The van der Waals surface area contributed by atoms with Gasteiger partial charge in [-0.1, -0.05) is 25.5 Å². The number of carbonyl (C=O) groups is 2. The third kappa shape index (κ3) is 2.83. The highest BCUT2D eigenvalue weighted by Crippen LogP contribution is 2.52. The van der Waals surface area contributed by atoms with Crippen LogP contribution in [0.5, 0.6) is 5.75 Å². The van der Waals surface area contributed by atoms with Gasteiger partial charge in [-0.25, -0.2) is 0 Å². The van der Waals surface area contributed by atoms with E-state index >= 15 is 0 Å². The van der Waals surface area contributed by atoms with Crippen molar-refractivity contribution in [2.24, 2.45) is 17.8 Å². The summed E-state index contributed by atoms with van der Waals surface area (Å²) in [6.45, 7) is 2.88. The molecule has 3 unspecified atom stereocenters. The van der Waals surface area contributed by atoms with Gasteiger partial charge in [0.1, 0.15) is 5.75 Å². The standard InChI is InChI=1S/C22H29NO3/c1-15-9-10-19-21(25)23(14-16-5-3-6-16)20(24)13-22(19,12-15)17-7-4-8-18(11-17)26-2/h4,7-8,11,15-16,19H,3,5-6,9-10,12-14H2,1-2H3. The molecule has 4 nitrogen and oxygen atoms in total. The molecule has 0 N–H and O–H groups in total. The molecule has 1 heterocycles. The third-order valence-corrected chi connectivity index (χ3v) is 6.97. The van der Waals surface area contributed by atoms with Crippen LogP contribution in [0.1, 0.15) is 57.4 Å². The van der Waals surface area contributed by atoms with E-state index in [1.54, 1.807) is 12.0 Å². The number of benzene rings is 1. The largest absolute Gasteiger partial charge is 0.497 e. The molecule has 4 rings (SSSR count). The molecule has 3 fully saturated rings. The van der Waals surface area contributed by atoms with Crippen LogP contribution in [0, 0.1) is 17.8 Å². The Morgan fingerprint density at radius 3 is 2.69 bits per heavy atom. The van der Waals surface area contributed by atoms with Gasteiger partial charge in [0.25, 0.3) is 0 Å². The molecule has 1 aromatic carbocycles. The van der Waals surface area contributed by atoms with Crippen molar-refractivity contribution in [3.63, 3.8) is 0 Å². The summed E-state index contributed by atoms with van der Waals surface area (Å²) >= 11 is 0. The first-order chi connectivity index (χ1) is 12.5. The third-order valence-electron chi connectivity index (χ3n) is 6.97. The van der Waals surface area contributed by atoms with Crippen LogP contribution in [0.3, 0.4) is 0 Å². The Balaban J connectivity index is 1.70. The zero-order valence-electron chi connectivity index (χ0n) is 15.9. The molecule has 0 radical (unpaired) electrons. The molecule has 2 saturated carbocycles. The second kappa shape index (κ2) is 6.71. The minimum atomic E-state index is -0.365. The van der Waals surface area contributed by atoms with Crippen LogP contribution in [0.2, 0.25) is 0 Å². The average Bonchev–Trinajstić information content (AvgIpc) is 2.59. The van der Waals surface area contributed by atoms with Gasteiger partial charge in [-0.3, -0.25) is 14.5 Å². The molecule has 3 aliphatic rings. The number of amides is 2. The van der Waals surface area contributed by atoms with Gasteiger partial charge in [0.05, 0.1) is 7.11 Å². The fourth-order valence-electron chi connectivity index (χ4n) is 5.30. The van der Waals surface area contributed by atoms with Crippen molar-refractivity contribution in [1.82, 2.24) is 4.90 Å². The zero-order chi connectivity index (χ0) is 18.3. The van der Waals surface area contributed by atoms with Gasteiger partial charge in [-0.15, -0.1) is 0 Å². The molecule has 0 bridgehead atoms. The number of imide groups is 1. The van der Waals surface area contributed by atoms with Crippen molar-refractivity contribution >= 4 is 11.8 Å². The van der Waals surface area contributed by atoms with E-state index in [9.17, 15) is 9.59 Å². The predicted molar refractivity (Wildman–Crippen MR) is 99.9 cm³/mol. The number of fused-ring (bicyclic) bond motifs is 1. The van der Waals surface area contributed by atoms with Gasteiger partial charge in [-0.2, -0.15) is 0 Å². The van der Waals surface area contributed by atoms with Crippen LogP contribution in [0.15, 0.2) is 24.3 Å². The molecule has 0 spiro atoms. The molecule has 26 heavy (non-hydrogen) atoms. The first-order valence-electron chi connectivity index (χ1n) is 10.0. The van der Waals surface area contributed by atoms with E-state index in [-0.39, 0.29) is 23.1 Å². The van der Waals surface area contributed by atoms with Gasteiger partial charge < -0.3 is 4.74 Å². The Morgan fingerprint density at radius 2 is 2.00 bits per heavy atom. The van der Waals surface area contributed by atoms with Crippen molar-refractivity contribution in [3.8, 4) is 5.75 Å². The SMILES string of the molecule is COc1cccc(C23CC(=O)N(CC4CCC4)C(=O)C2CCC(C)C3)c1. The number of ether oxygens (including phenoxy) is 1. The highest BCUT2D eigenvalue weighted by Gasteiger charge is 2.54. The van der Waals surface area contributed by atoms with Gasteiger partial charge in [0.2, 0.25) is 11.8 Å². The number of nitrogens with zero attached hydrogens (tertiary/aromatic N) is 1. The number of likely N-dealkylation sites (tertiary alicyclic amines) is 1. The number of hydrogen-bond donors (Lipinski definition) is 0. The number of hydrogen-bond acceptors (Lipinski definition) is 3. The minimum Gasteiger partial charge on any atom is -0.497 e. The van der Waals surface area contributed by atoms with Crippen molar-refractivity contribution in [2.75, 3.05) is 13.7 Å². The predicted octanol–water partition coefficient (Wildman–Crippen LogP) is 3.93. The van der Waals surface area contributed by atoms with E-state index in [0.717, 1.165) is 43.4 Å². The Bertz CT molecular complexity index is 711. The van der Waals surface area contributed by atoms with Gasteiger partial charge in [-0.05, 0) is 61.6 Å². The summed E-state index contributed by atoms with van der Waals surface area (Å²) in [5.74, 6) is 1.86. The number of methoxy groups -OCH3 is 1. The van der Waals surface area contributed by atoms with Gasteiger partial charge >= 0.3 is 0 Å². The minimum absolute atomic E-state index is 0.0232. The first kappa shape index (κ1) is 17.6. The maximum Gasteiger partial charge on any atom is 0.233 e. The lowest BCUT2D eigenvalue weighted by Gasteiger charge is -2.51. The average molecular weight is 355 g/mol. The molecular weight excluding hydrogens is 326 g/mol. The summed E-state index contributed by atoms with van der Waals surface area (Å²) < 4.78 is 5.42. The van der Waals surface area contributed by atoms with Crippen LogP contribution < -0.4 is 4.74 Å². The quantitative estimate of drug-likeness (QED) is 0.769. The molecule has 1 aromatic rings. The molecule has 2 aliphatic carbocycles. The normalized spacial score (nSPS) is 32.2. The molecular formula is C22H29NO3. The van der Waals surface area contributed by atoms with E-state index in [0.29, 0.717) is 24.8 Å². The summed E-state index contributed by atoms with van der Waals surface area (Å²) in [6, 6.07) is 8.02. The second-order valence-corrected chi connectivity index (χ2v) is 8.64. The molecule has 1 aliphatic heterocycles. The van der Waals surface area contributed by atoms with Crippen molar-refractivity contribution in [3.05, 3.63) is 29.8 Å². The Morgan fingerprint density at radius 1 is 1.19 bits per heavy atom. The molecule has 4 heteroatoms. The summed E-state index contributed by atoms with van der Waals surface area (Å²) in [5.41, 5.74) is 0.731. The Labute approximate surface area is 155 Å². The number of rotatable bonds is 4. The fourth-order valence-corrected chi connectivity index (χ4v) is 5.30. The van der Waals surface area contributed by atoms with E-state index in [2.05, 4.69) is 13.0 Å². The maximum absolute atomic E-state index is 13.4. The molecule has 0 aromatic heterocycles. The topological polar surface area (TPSA) is 46.6 Å². The Kier molecular flexibility index (Phi) is 4.54. The highest BCUT2D eigenvalue weighted by molar-refractivity contribution is 6.01. The summed E-state index contributed by atoms with van der Waals surface area (Å²) in [6.07, 6.45) is 6.83. The smallest absolute Gasteiger partial charge is 0.233 e. The first-order valence-corrected chi connectivity index (χ1v) is 10.0. The fraction of sp³-hybridized carbons (Fsp3) is 0.636. The van der Waals surface area contributed by atoms with Crippen LogP contribution in [0.4, 0.5) is 0 Å². The zero-order valence-corrected chi connectivity index (χ0v) is 15.9. The molecule has 1 saturated heterocycles. The molecule has 2 amide bonds. The lowest BCUT2D eigenvalue weighted by molar-refractivity contribution is -0.159. The lowest BCUT2D eigenvalue weighted by atomic mass is 9.56. The molecule has 3 atom stereocenters. The second-order valence-electron chi connectivity index (χ2n) is 8.64. The Hall–Kier alpha value is -1.84. The number of carbonyl (C=O) groups excluding carboxylic acids is 2. The van der Waals surface area contributed by atoms with Gasteiger partial charge in [0, 0.05) is 24.3 Å². The monoisotopic (exact) mass is 355 g/mol. The van der Waals surface area contributed by atoms with E-state index in [4.69, 9.17) is 4.74 Å². The van der Waals surface area contributed by atoms with Gasteiger partial charge in [0.15, 0.2) is 0 Å². The van der Waals surface area contributed by atoms with Crippen LogP contribution in [-0.4, -0.2) is 30.4 Å².